The third-order valence-electron chi connectivity index (χ3n) is 3.81. The van der Waals surface area contributed by atoms with Crippen LogP contribution in [0.25, 0.3) is 5.69 Å². The van der Waals surface area contributed by atoms with Gasteiger partial charge in [-0.15, -0.1) is 0 Å². The second-order valence-corrected chi connectivity index (χ2v) is 5.63. The standard InChI is InChI=1S/C20H20N2O/c1-16-5-4-6-17(15-16)11-12-21-20(23)18-7-9-19(10-8-18)22-13-2-3-14-22/h2-10,13-15H,11-12H2,1H3,(H,21,23). The van der Waals surface area contributed by atoms with E-state index in [0.717, 1.165) is 12.1 Å². The number of carbonyl (C=O) groups excluding carboxylic acids is 1. The van der Waals surface area contributed by atoms with Gasteiger partial charge in [0.1, 0.15) is 0 Å². The number of aromatic nitrogens is 1. The van der Waals surface area contributed by atoms with Crippen LogP contribution in [0.4, 0.5) is 0 Å². The molecule has 0 spiro atoms. The number of nitrogens with zero attached hydrogens (tertiary/aromatic N) is 1. The van der Waals surface area contributed by atoms with Crippen LogP contribution in [0.1, 0.15) is 21.5 Å². The van der Waals surface area contributed by atoms with Crippen LogP contribution >= 0.6 is 0 Å². The van der Waals surface area contributed by atoms with E-state index >= 15 is 0 Å². The first-order valence-electron chi connectivity index (χ1n) is 7.79. The molecule has 23 heavy (non-hydrogen) atoms. The lowest BCUT2D eigenvalue weighted by atomic mass is 10.1. The van der Waals surface area contributed by atoms with E-state index in [1.807, 2.05) is 59.4 Å². The molecule has 0 aliphatic heterocycles. The lowest BCUT2D eigenvalue weighted by molar-refractivity contribution is 0.0954. The molecule has 1 N–H and O–H groups in total. The molecule has 116 valence electrons. The van der Waals surface area contributed by atoms with Crippen molar-refractivity contribution in [3.8, 4) is 5.69 Å². The molecular weight excluding hydrogens is 284 g/mol. The minimum Gasteiger partial charge on any atom is -0.352 e. The molecule has 0 radical (unpaired) electrons. The Balaban J connectivity index is 1.56. The van der Waals surface area contributed by atoms with Gasteiger partial charge in [0.05, 0.1) is 0 Å². The number of aryl methyl sites for hydroxylation is 1. The molecule has 0 atom stereocenters. The molecular formula is C20H20N2O. The van der Waals surface area contributed by atoms with Crippen LogP contribution in [0.2, 0.25) is 0 Å². The summed E-state index contributed by atoms with van der Waals surface area (Å²) in [6.45, 7) is 2.72. The monoisotopic (exact) mass is 304 g/mol. The highest BCUT2D eigenvalue weighted by Crippen LogP contribution is 2.10. The highest BCUT2D eigenvalue weighted by molar-refractivity contribution is 5.94. The van der Waals surface area contributed by atoms with E-state index in [4.69, 9.17) is 0 Å². The first kappa shape index (κ1) is 15.1. The number of rotatable bonds is 5. The lowest BCUT2D eigenvalue weighted by Crippen LogP contribution is -2.25. The largest absolute Gasteiger partial charge is 0.352 e. The van der Waals surface area contributed by atoms with Crippen LogP contribution < -0.4 is 5.32 Å². The van der Waals surface area contributed by atoms with Crippen molar-refractivity contribution >= 4 is 5.91 Å². The third-order valence-corrected chi connectivity index (χ3v) is 3.81. The van der Waals surface area contributed by atoms with Crippen molar-refractivity contribution in [2.75, 3.05) is 6.54 Å². The van der Waals surface area contributed by atoms with Crippen LogP contribution in [0.5, 0.6) is 0 Å². The highest BCUT2D eigenvalue weighted by Gasteiger charge is 2.05. The number of benzene rings is 2. The maximum atomic E-state index is 12.2. The van der Waals surface area contributed by atoms with E-state index < -0.39 is 0 Å². The van der Waals surface area contributed by atoms with Gasteiger partial charge >= 0.3 is 0 Å². The molecule has 1 amide bonds. The Morgan fingerprint density at radius 2 is 1.74 bits per heavy atom. The molecule has 3 rings (SSSR count). The number of amides is 1. The van der Waals surface area contributed by atoms with E-state index in [-0.39, 0.29) is 5.91 Å². The first-order chi connectivity index (χ1) is 11.2. The predicted molar refractivity (Wildman–Crippen MR) is 93.0 cm³/mol. The van der Waals surface area contributed by atoms with Crippen LogP contribution in [0.3, 0.4) is 0 Å². The summed E-state index contributed by atoms with van der Waals surface area (Å²) in [6.07, 6.45) is 4.81. The van der Waals surface area contributed by atoms with Crippen LogP contribution in [-0.2, 0) is 6.42 Å². The Morgan fingerprint density at radius 1 is 1.00 bits per heavy atom. The minimum atomic E-state index is -0.0308. The molecule has 0 unspecified atom stereocenters. The minimum absolute atomic E-state index is 0.0308. The topological polar surface area (TPSA) is 34.0 Å². The lowest BCUT2D eigenvalue weighted by Gasteiger charge is -2.07. The molecule has 0 bridgehead atoms. The Morgan fingerprint density at radius 3 is 2.43 bits per heavy atom. The van der Waals surface area contributed by atoms with Crippen molar-refractivity contribution in [3.63, 3.8) is 0 Å². The van der Waals surface area contributed by atoms with Crippen molar-refractivity contribution in [1.29, 1.82) is 0 Å². The van der Waals surface area contributed by atoms with Gasteiger partial charge in [-0.2, -0.15) is 0 Å². The van der Waals surface area contributed by atoms with Gasteiger partial charge in [-0.25, -0.2) is 0 Å². The third kappa shape index (κ3) is 3.89. The van der Waals surface area contributed by atoms with E-state index in [9.17, 15) is 4.79 Å². The van der Waals surface area contributed by atoms with Gasteiger partial charge in [0, 0.05) is 30.2 Å². The number of hydrogen-bond donors (Lipinski definition) is 1. The molecule has 0 fully saturated rings. The quantitative estimate of drug-likeness (QED) is 0.765. The number of carbonyl (C=O) groups is 1. The van der Waals surface area contributed by atoms with Crippen LogP contribution in [0, 0.1) is 6.92 Å². The normalized spacial score (nSPS) is 10.5. The molecule has 3 aromatic rings. The maximum Gasteiger partial charge on any atom is 0.251 e. The second-order valence-electron chi connectivity index (χ2n) is 5.63. The van der Waals surface area contributed by atoms with Gasteiger partial charge in [-0.3, -0.25) is 4.79 Å². The molecule has 3 heteroatoms. The summed E-state index contributed by atoms with van der Waals surface area (Å²) in [4.78, 5) is 12.2. The Hall–Kier alpha value is -2.81. The average molecular weight is 304 g/mol. The van der Waals surface area contributed by atoms with Crippen molar-refractivity contribution < 1.29 is 4.79 Å². The Kier molecular flexibility index (Phi) is 4.57. The molecule has 3 nitrogen and oxygen atoms in total. The Labute approximate surface area is 136 Å². The summed E-state index contributed by atoms with van der Waals surface area (Å²) in [7, 11) is 0. The fourth-order valence-electron chi connectivity index (χ4n) is 2.58. The molecule has 2 aromatic carbocycles. The van der Waals surface area contributed by atoms with Crippen molar-refractivity contribution in [2.24, 2.45) is 0 Å². The highest BCUT2D eigenvalue weighted by atomic mass is 16.1. The molecule has 0 aliphatic rings. The molecule has 1 aromatic heterocycles. The second kappa shape index (κ2) is 6.97. The summed E-state index contributed by atoms with van der Waals surface area (Å²) in [6, 6.07) is 19.9. The zero-order valence-corrected chi connectivity index (χ0v) is 13.2. The molecule has 0 saturated heterocycles. The van der Waals surface area contributed by atoms with Gasteiger partial charge in [0.2, 0.25) is 0 Å². The van der Waals surface area contributed by atoms with Crippen LogP contribution in [-0.4, -0.2) is 17.0 Å². The summed E-state index contributed by atoms with van der Waals surface area (Å²) in [5, 5.41) is 2.98. The van der Waals surface area contributed by atoms with Gasteiger partial charge < -0.3 is 9.88 Å². The maximum absolute atomic E-state index is 12.2. The van der Waals surface area contributed by atoms with Crippen molar-refractivity contribution in [1.82, 2.24) is 9.88 Å². The van der Waals surface area contributed by atoms with E-state index in [1.165, 1.54) is 11.1 Å². The summed E-state index contributed by atoms with van der Waals surface area (Å²) < 4.78 is 2.01. The van der Waals surface area contributed by atoms with Gasteiger partial charge in [0.25, 0.3) is 5.91 Å². The van der Waals surface area contributed by atoms with Gasteiger partial charge in [-0.1, -0.05) is 29.8 Å². The summed E-state index contributed by atoms with van der Waals surface area (Å²) in [5.74, 6) is -0.0308. The summed E-state index contributed by atoms with van der Waals surface area (Å²) >= 11 is 0. The SMILES string of the molecule is Cc1cccc(CCNC(=O)c2ccc(-n3cccc3)cc2)c1. The molecule has 0 aliphatic carbocycles. The smallest absolute Gasteiger partial charge is 0.251 e. The molecule has 1 heterocycles. The van der Waals surface area contributed by atoms with Crippen molar-refractivity contribution in [2.45, 2.75) is 13.3 Å². The van der Waals surface area contributed by atoms with E-state index in [1.54, 1.807) is 0 Å². The molecule has 0 saturated carbocycles. The van der Waals surface area contributed by atoms with E-state index in [2.05, 4.69) is 30.4 Å². The van der Waals surface area contributed by atoms with Crippen molar-refractivity contribution in [3.05, 3.63) is 89.7 Å². The Bertz CT molecular complexity index is 774. The zero-order valence-electron chi connectivity index (χ0n) is 13.2. The van der Waals surface area contributed by atoms with E-state index in [0.29, 0.717) is 12.1 Å². The zero-order chi connectivity index (χ0) is 16.1. The fourth-order valence-corrected chi connectivity index (χ4v) is 2.58. The van der Waals surface area contributed by atoms with Gasteiger partial charge in [0.15, 0.2) is 0 Å². The number of hydrogen-bond acceptors (Lipinski definition) is 1. The fraction of sp³-hybridized carbons (Fsp3) is 0.150. The van der Waals surface area contributed by atoms with Gasteiger partial charge in [-0.05, 0) is 55.3 Å². The summed E-state index contributed by atoms with van der Waals surface area (Å²) in [5.41, 5.74) is 4.22. The number of nitrogens with one attached hydrogen (secondary N) is 1. The van der Waals surface area contributed by atoms with Crippen LogP contribution in [0.15, 0.2) is 73.1 Å². The first-order valence-corrected chi connectivity index (χ1v) is 7.79. The average Bonchev–Trinajstić information content (AvgIpc) is 3.09. The predicted octanol–water partition coefficient (Wildman–Crippen LogP) is 3.76.